The minimum absolute atomic E-state index is 0.313. The quantitative estimate of drug-likeness (QED) is 0.880. The molecule has 4 heteroatoms. The van der Waals surface area contributed by atoms with Gasteiger partial charge in [-0.1, -0.05) is 17.2 Å². The fourth-order valence-electron chi connectivity index (χ4n) is 2.41. The second-order valence-electron chi connectivity index (χ2n) is 4.76. The van der Waals surface area contributed by atoms with Gasteiger partial charge in [-0.3, -0.25) is 4.68 Å². The van der Waals surface area contributed by atoms with Crippen molar-refractivity contribution in [2.75, 3.05) is 0 Å². The molecule has 0 saturated heterocycles. The first-order valence-electron chi connectivity index (χ1n) is 6.29. The molecule has 1 heterocycles. The summed E-state index contributed by atoms with van der Waals surface area (Å²) >= 11 is 6.29. The Balaban J connectivity index is 2.30. The molecule has 94 valence electrons. The van der Waals surface area contributed by atoms with Gasteiger partial charge in [0.25, 0.3) is 0 Å². The van der Waals surface area contributed by atoms with Gasteiger partial charge in [-0.05, 0) is 45.6 Å². The lowest BCUT2D eigenvalue weighted by atomic mass is 9.90. The summed E-state index contributed by atoms with van der Waals surface area (Å²) in [6.07, 6.45) is 6.63. The van der Waals surface area contributed by atoms with Crippen LogP contribution in [0.4, 0.5) is 0 Å². The molecule has 1 fully saturated rings. The van der Waals surface area contributed by atoms with Crippen molar-refractivity contribution < 1.29 is 0 Å². The minimum atomic E-state index is 0.313. The van der Waals surface area contributed by atoms with Crippen molar-refractivity contribution in [3.63, 3.8) is 0 Å². The van der Waals surface area contributed by atoms with Crippen molar-refractivity contribution in [2.45, 2.75) is 52.1 Å². The maximum Gasteiger partial charge on any atom is 0.0888 e. The van der Waals surface area contributed by atoms with Crippen molar-refractivity contribution in [2.24, 2.45) is 5.73 Å². The molecule has 3 nitrogen and oxygen atoms in total. The van der Waals surface area contributed by atoms with Crippen LogP contribution in [0.5, 0.6) is 0 Å². The van der Waals surface area contributed by atoms with Crippen molar-refractivity contribution in [1.82, 2.24) is 9.78 Å². The third-order valence-corrected chi connectivity index (χ3v) is 3.80. The van der Waals surface area contributed by atoms with E-state index in [0.29, 0.717) is 6.04 Å². The lowest BCUT2D eigenvalue weighted by Gasteiger charge is -2.20. The Morgan fingerprint density at radius 2 is 2.35 bits per heavy atom. The van der Waals surface area contributed by atoms with Gasteiger partial charge in [0.1, 0.15) is 0 Å². The van der Waals surface area contributed by atoms with Gasteiger partial charge < -0.3 is 5.73 Å². The highest BCUT2D eigenvalue weighted by Crippen LogP contribution is 2.28. The topological polar surface area (TPSA) is 43.8 Å². The third-order valence-electron chi connectivity index (χ3n) is 3.33. The standard InChI is InChI=1S/C13H20ClN3/c1-3-17-12(13(14)9(2)16-17)8-10-5-4-6-11(15)7-10/h8,11H,3-7,15H2,1-2H3. The maximum atomic E-state index is 6.29. The molecule has 0 aromatic carbocycles. The fraction of sp³-hybridized carbons (Fsp3) is 0.615. The van der Waals surface area contributed by atoms with Crippen LogP contribution < -0.4 is 5.73 Å². The summed E-state index contributed by atoms with van der Waals surface area (Å²) in [5.41, 5.74) is 9.34. The SMILES string of the molecule is CCn1nc(C)c(Cl)c1C=C1CCCC(N)C1. The summed E-state index contributed by atoms with van der Waals surface area (Å²) in [6, 6.07) is 0.313. The smallest absolute Gasteiger partial charge is 0.0888 e. The van der Waals surface area contributed by atoms with Crippen LogP contribution in [-0.4, -0.2) is 15.8 Å². The number of rotatable bonds is 2. The number of halogens is 1. The highest BCUT2D eigenvalue weighted by Gasteiger charge is 2.16. The van der Waals surface area contributed by atoms with Gasteiger partial charge in [-0.2, -0.15) is 5.10 Å². The van der Waals surface area contributed by atoms with E-state index < -0.39 is 0 Å². The highest BCUT2D eigenvalue weighted by atomic mass is 35.5. The lowest BCUT2D eigenvalue weighted by Crippen LogP contribution is -2.23. The van der Waals surface area contributed by atoms with E-state index in [1.54, 1.807) is 0 Å². The Hall–Kier alpha value is -0.800. The summed E-state index contributed by atoms with van der Waals surface area (Å²) in [5, 5.41) is 5.20. The van der Waals surface area contributed by atoms with Crippen LogP contribution in [0.3, 0.4) is 0 Å². The number of aromatic nitrogens is 2. The molecule has 0 aliphatic heterocycles. The van der Waals surface area contributed by atoms with E-state index in [4.69, 9.17) is 17.3 Å². The summed E-state index contributed by atoms with van der Waals surface area (Å²) in [6.45, 7) is 4.87. The average Bonchev–Trinajstić information content (AvgIpc) is 2.57. The van der Waals surface area contributed by atoms with Crippen molar-refractivity contribution >= 4 is 17.7 Å². The summed E-state index contributed by atoms with van der Waals surface area (Å²) in [7, 11) is 0. The molecule has 2 N–H and O–H groups in total. The number of nitrogens with two attached hydrogens (primary N) is 1. The van der Waals surface area contributed by atoms with Crippen LogP contribution in [0, 0.1) is 6.92 Å². The molecule has 0 spiro atoms. The van der Waals surface area contributed by atoms with E-state index in [9.17, 15) is 0 Å². The molecule has 1 aromatic heterocycles. The van der Waals surface area contributed by atoms with Crippen LogP contribution >= 0.6 is 11.6 Å². The number of nitrogens with zero attached hydrogens (tertiary/aromatic N) is 2. The van der Waals surface area contributed by atoms with Gasteiger partial charge in [-0.15, -0.1) is 0 Å². The van der Waals surface area contributed by atoms with E-state index in [1.165, 1.54) is 12.0 Å². The zero-order valence-corrected chi connectivity index (χ0v) is 11.3. The van der Waals surface area contributed by atoms with Gasteiger partial charge in [0.2, 0.25) is 0 Å². The third kappa shape index (κ3) is 2.72. The van der Waals surface area contributed by atoms with Gasteiger partial charge in [0, 0.05) is 12.6 Å². The van der Waals surface area contributed by atoms with Crippen LogP contribution in [0.2, 0.25) is 5.02 Å². The lowest BCUT2D eigenvalue weighted by molar-refractivity contribution is 0.519. The second-order valence-corrected chi connectivity index (χ2v) is 5.14. The zero-order chi connectivity index (χ0) is 12.4. The van der Waals surface area contributed by atoms with Crippen LogP contribution in [0.1, 0.15) is 44.0 Å². The molecule has 1 aliphatic rings. The van der Waals surface area contributed by atoms with E-state index in [0.717, 1.165) is 42.2 Å². The zero-order valence-electron chi connectivity index (χ0n) is 10.5. The Bertz CT molecular complexity index is 434. The predicted octanol–water partition coefficient (Wildman–Crippen LogP) is 3.15. The number of hydrogen-bond acceptors (Lipinski definition) is 2. The summed E-state index contributed by atoms with van der Waals surface area (Å²) in [5.74, 6) is 0. The van der Waals surface area contributed by atoms with Crippen molar-refractivity contribution in [3.8, 4) is 0 Å². The maximum absolute atomic E-state index is 6.29. The van der Waals surface area contributed by atoms with Gasteiger partial charge in [-0.25, -0.2) is 0 Å². The van der Waals surface area contributed by atoms with E-state index in [-0.39, 0.29) is 0 Å². The van der Waals surface area contributed by atoms with E-state index in [1.807, 2.05) is 11.6 Å². The molecule has 0 bridgehead atoms. The first-order valence-corrected chi connectivity index (χ1v) is 6.67. The molecule has 1 aromatic rings. The summed E-state index contributed by atoms with van der Waals surface area (Å²) < 4.78 is 1.96. The van der Waals surface area contributed by atoms with E-state index >= 15 is 0 Å². The first-order chi connectivity index (χ1) is 8.11. The van der Waals surface area contributed by atoms with Crippen molar-refractivity contribution in [1.29, 1.82) is 0 Å². The Morgan fingerprint density at radius 1 is 1.59 bits per heavy atom. The van der Waals surface area contributed by atoms with Gasteiger partial charge >= 0.3 is 0 Å². The number of hydrogen-bond donors (Lipinski definition) is 1. The largest absolute Gasteiger partial charge is 0.327 e. The Kier molecular flexibility index (Phi) is 3.89. The number of aryl methyl sites for hydroxylation is 2. The van der Waals surface area contributed by atoms with Crippen LogP contribution in [0.25, 0.3) is 6.08 Å². The average molecular weight is 254 g/mol. The molecule has 1 saturated carbocycles. The van der Waals surface area contributed by atoms with Crippen LogP contribution in [-0.2, 0) is 6.54 Å². The van der Waals surface area contributed by atoms with Gasteiger partial charge in [0.15, 0.2) is 0 Å². The molecule has 17 heavy (non-hydrogen) atoms. The molecule has 1 atom stereocenters. The molecular formula is C13H20ClN3. The van der Waals surface area contributed by atoms with Crippen LogP contribution in [0.15, 0.2) is 5.57 Å². The molecule has 0 radical (unpaired) electrons. The van der Waals surface area contributed by atoms with Gasteiger partial charge in [0.05, 0.1) is 16.4 Å². The minimum Gasteiger partial charge on any atom is -0.327 e. The Labute approximate surface area is 108 Å². The summed E-state index contributed by atoms with van der Waals surface area (Å²) in [4.78, 5) is 0. The van der Waals surface area contributed by atoms with E-state index in [2.05, 4.69) is 18.1 Å². The molecule has 0 amide bonds. The first kappa shape index (κ1) is 12.7. The molecule has 2 rings (SSSR count). The molecule has 1 unspecified atom stereocenters. The second kappa shape index (κ2) is 5.23. The monoisotopic (exact) mass is 253 g/mol. The fourth-order valence-corrected chi connectivity index (χ4v) is 2.60. The molecule has 1 aliphatic carbocycles. The normalized spacial score (nSPS) is 23.3. The molecular weight excluding hydrogens is 234 g/mol. The Morgan fingerprint density at radius 3 is 3.00 bits per heavy atom. The van der Waals surface area contributed by atoms with Crippen molar-refractivity contribution in [3.05, 3.63) is 22.0 Å². The predicted molar refractivity (Wildman–Crippen MR) is 72.1 cm³/mol. The highest BCUT2D eigenvalue weighted by molar-refractivity contribution is 6.32.